The molecule has 2 aromatic carbocycles. The molecule has 158 valence electrons. The van der Waals surface area contributed by atoms with Crippen LogP contribution in [0.5, 0.6) is 0 Å². The van der Waals surface area contributed by atoms with Gasteiger partial charge in [-0.3, -0.25) is 14.4 Å². The number of hydrogen-bond donors (Lipinski definition) is 1. The molecule has 6 heteroatoms. The Bertz CT molecular complexity index is 910. The van der Waals surface area contributed by atoms with Crippen molar-refractivity contribution in [1.82, 2.24) is 4.90 Å². The molecule has 0 radical (unpaired) electrons. The highest BCUT2D eigenvalue weighted by atomic mass is 16.5. The van der Waals surface area contributed by atoms with Gasteiger partial charge in [0.2, 0.25) is 5.91 Å². The summed E-state index contributed by atoms with van der Waals surface area (Å²) in [5.41, 5.74) is 2.75. The lowest BCUT2D eigenvalue weighted by Gasteiger charge is -2.25. The number of nitrogens with zero attached hydrogens (tertiary/aromatic N) is 1. The lowest BCUT2D eigenvalue weighted by atomic mass is 10.0. The minimum Gasteiger partial charge on any atom is -0.455 e. The molecule has 1 N–H and O–H groups in total. The molecular weight excluding hydrogens is 380 g/mol. The van der Waals surface area contributed by atoms with E-state index in [0.29, 0.717) is 12.2 Å². The molecule has 0 unspecified atom stereocenters. The van der Waals surface area contributed by atoms with Crippen molar-refractivity contribution in [2.75, 3.05) is 18.5 Å². The second-order valence-corrected chi connectivity index (χ2v) is 7.93. The molecule has 1 heterocycles. The van der Waals surface area contributed by atoms with Crippen LogP contribution in [0.1, 0.15) is 50.3 Å². The number of hydrogen-bond acceptors (Lipinski definition) is 4. The summed E-state index contributed by atoms with van der Waals surface area (Å²) in [6.45, 7) is 5.96. The molecule has 2 atom stereocenters. The fraction of sp³-hybridized carbons (Fsp3) is 0.375. The van der Waals surface area contributed by atoms with Crippen LogP contribution in [0.25, 0.3) is 0 Å². The number of anilines is 1. The zero-order valence-corrected chi connectivity index (χ0v) is 17.6. The zero-order valence-electron chi connectivity index (χ0n) is 17.6. The molecular formula is C24H28N2O4. The largest absolute Gasteiger partial charge is 0.455 e. The molecule has 30 heavy (non-hydrogen) atoms. The molecule has 1 fully saturated rings. The van der Waals surface area contributed by atoms with Crippen LogP contribution in [0.3, 0.4) is 0 Å². The summed E-state index contributed by atoms with van der Waals surface area (Å²) in [5.74, 6) is -1.29. The molecule has 3 rings (SSSR count). The van der Waals surface area contributed by atoms with Crippen LogP contribution in [0, 0.1) is 5.92 Å². The number of benzene rings is 2. The Hall–Kier alpha value is -3.15. The molecule has 0 aromatic heterocycles. The molecule has 0 aliphatic carbocycles. The van der Waals surface area contributed by atoms with E-state index >= 15 is 0 Å². The lowest BCUT2D eigenvalue weighted by Crippen LogP contribution is -2.30. The van der Waals surface area contributed by atoms with Gasteiger partial charge in [-0.15, -0.1) is 0 Å². The Morgan fingerprint density at radius 3 is 2.43 bits per heavy atom. The van der Waals surface area contributed by atoms with E-state index in [1.54, 1.807) is 4.90 Å². The summed E-state index contributed by atoms with van der Waals surface area (Å²) < 4.78 is 5.21. The van der Waals surface area contributed by atoms with Crippen LogP contribution in [-0.2, 0) is 19.1 Å². The molecule has 0 spiro atoms. The molecule has 1 aliphatic heterocycles. The molecule has 0 saturated carbocycles. The Kier molecular flexibility index (Phi) is 6.87. The second kappa shape index (κ2) is 9.57. The second-order valence-electron chi connectivity index (χ2n) is 7.93. The SMILES string of the molecule is CC(C)c1ccccc1NC(=O)COC(=O)[C@@H]1CC(=O)N([C@H](C)c2ccccc2)C1. The maximum Gasteiger partial charge on any atom is 0.311 e. The van der Waals surface area contributed by atoms with Crippen LogP contribution >= 0.6 is 0 Å². The van der Waals surface area contributed by atoms with E-state index in [0.717, 1.165) is 11.1 Å². The summed E-state index contributed by atoms with van der Waals surface area (Å²) in [7, 11) is 0. The number of amides is 2. The van der Waals surface area contributed by atoms with E-state index in [-0.39, 0.29) is 30.9 Å². The number of ether oxygens (including phenoxy) is 1. The smallest absolute Gasteiger partial charge is 0.311 e. The zero-order chi connectivity index (χ0) is 21.7. The van der Waals surface area contributed by atoms with E-state index in [9.17, 15) is 14.4 Å². The number of esters is 1. The summed E-state index contributed by atoms with van der Waals surface area (Å²) >= 11 is 0. The maximum atomic E-state index is 12.4. The van der Waals surface area contributed by atoms with Gasteiger partial charge in [0, 0.05) is 18.7 Å². The number of para-hydroxylation sites is 1. The van der Waals surface area contributed by atoms with E-state index < -0.39 is 17.8 Å². The van der Waals surface area contributed by atoms with Crippen LogP contribution in [0.2, 0.25) is 0 Å². The maximum absolute atomic E-state index is 12.4. The third-order valence-electron chi connectivity index (χ3n) is 5.44. The first-order valence-corrected chi connectivity index (χ1v) is 10.3. The third kappa shape index (κ3) is 5.06. The number of rotatable bonds is 7. The van der Waals surface area contributed by atoms with Crippen molar-refractivity contribution < 1.29 is 19.1 Å². The summed E-state index contributed by atoms with van der Waals surface area (Å²) in [5, 5.41) is 2.80. The quantitative estimate of drug-likeness (QED) is 0.705. The fourth-order valence-corrected chi connectivity index (χ4v) is 3.73. The number of likely N-dealkylation sites (tertiary alicyclic amines) is 1. The van der Waals surface area contributed by atoms with Crippen LogP contribution < -0.4 is 5.32 Å². The monoisotopic (exact) mass is 408 g/mol. The first kappa shape index (κ1) is 21.6. The number of carbonyl (C=O) groups excluding carboxylic acids is 3. The van der Waals surface area contributed by atoms with Gasteiger partial charge in [-0.05, 0) is 30.0 Å². The van der Waals surface area contributed by atoms with Crippen molar-refractivity contribution in [2.24, 2.45) is 5.92 Å². The van der Waals surface area contributed by atoms with Gasteiger partial charge in [-0.1, -0.05) is 62.4 Å². The van der Waals surface area contributed by atoms with Gasteiger partial charge in [0.05, 0.1) is 12.0 Å². The van der Waals surface area contributed by atoms with Crippen LogP contribution in [-0.4, -0.2) is 35.8 Å². The van der Waals surface area contributed by atoms with Gasteiger partial charge in [0.1, 0.15) is 0 Å². The number of nitrogens with one attached hydrogen (secondary N) is 1. The first-order valence-electron chi connectivity index (χ1n) is 10.3. The molecule has 1 saturated heterocycles. The van der Waals surface area contributed by atoms with Crippen molar-refractivity contribution in [3.05, 3.63) is 65.7 Å². The Labute approximate surface area is 177 Å². The van der Waals surface area contributed by atoms with Gasteiger partial charge in [-0.2, -0.15) is 0 Å². The lowest BCUT2D eigenvalue weighted by molar-refractivity contribution is -0.151. The van der Waals surface area contributed by atoms with E-state index in [1.807, 2.05) is 75.4 Å². The molecule has 0 bridgehead atoms. The minimum absolute atomic E-state index is 0.0800. The van der Waals surface area contributed by atoms with Crippen molar-refractivity contribution in [3.63, 3.8) is 0 Å². The molecule has 2 amide bonds. The third-order valence-corrected chi connectivity index (χ3v) is 5.44. The van der Waals surface area contributed by atoms with Crippen LogP contribution in [0.15, 0.2) is 54.6 Å². The van der Waals surface area contributed by atoms with Crippen LogP contribution in [0.4, 0.5) is 5.69 Å². The average molecular weight is 408 g/mol. The predicted molar refractivity (Wildman–Crippen MR) is 115 cm³/mol. The van der Waals surface area contributed by atoms with Gasteiger partial charge in [0.15, 0.2) is 6.61 Å². The Morgan fingerprint density at radius 1 is 1.07 bits per heavy atom. The van der Waals surface area contributed by atoms with Gasteiger partial charge in [-0.25, -0.2) is 0 Å². The van der Waals surface area contributed by atoms with Crippen molar-refractivity contribution >= 4 is 23.5 Å². The summed E-state index contributed by atoms with van der Waals surface area (Å²) in [4.78, 5) is 38.8. The summed E-state index contributed by atoms with van der Waals surface area (Å²) in [6, 6.07) is 17.1. The Morgan fingerprint density at radius 2 is 1.73 bits per heavy atom. The predicted octanol–water partition coefficient (Wildman–Crippen LogP) is 3.90. The van der Waals surface area contributed by atoms with E-state index in [1.165, 1.54) is 0 Å². The highest BCUT2D eigenvalue weighted by molar-refractivity contribution is 5.94. The van der Waals surface area contributed by atoms with E-state index in [4.69, 9.17) is 4.74 Å². The molecule has 1 aliphatic rings. The molecule has 2 aromatic rings. The van der Waals surface area contributed by atoms with Gasteiger partial charge in [0.25, 0.3) is 5.91 Å². The first-order chi connectivity index (χ1) is 14.4. The average Bonchev–Trinajstić information content (AvgIpc) is 3.14. The number of carbonyl (C=O) groups is 3. The Balaban J connectivity index is 1.53. The highest BCUT2D eigenvalue weighted by Crippen LogP contribution is 2.29. The highest BCUT2D eigenvalue weighted by Gasteiger charge is 2.38. The van der Waals surface area contributed by atoms with Crippen molar-refractivity contribution in [2.45, 2.75) is 39.2 Å². The van der Waals surface area contributed by atoms with Gasteiger partial charge >= 0.3 is 5.97 Å². The normalized spacial score (nSPS) is 17.1. The molecule has 6 nitrogen and oxygen atoms in total. The topological polar surface area (TPSA) is 75.7 Å². The van der Waals surface area contributed by atoms with E-state index in [2.05, 4.69) is 5.32 Å². The van der Waals surface area contributed by atoms with Crippen molar-refractivity contribution in [1.29, 1.82) is 0 Å². The van der Waals surface area contributed by atoms with Crippen molar-refractivity contribution in [3.8, 4) is 0 Å². The fourth-order valence-electron chi connectivity index (χ4n) is 3.73. The standard InChI is InChI=1S/C24H28N2O4/c1-16(2)20-11-7-8-12-21(20)25-22(27)15-30-24(29)19-13-23(28)26(14-19)17(3)18-9-5-4-6-10-18/h4-12,16-17,19H,13-15H2,1-3H3,(H,25,27)/t17-,19-/m1/s1. The summed E-state index contributed by atoms with van der Waals surface area (Å²) in [6.07, 6.45) is 0.105. The minimum atomic E-state index is -0.556. The van der Waals surface area contributed by atoms with Gasteiger partial charge < -0.3 is 15.0 Å².